The van der Waals surface area contributed by atoms with Crippen molar-refractivity contribution in [2.24, 2.45) is 0 Å². The van der Waals surface area contributed by atoms with Gasteiger partial charge in [-0.05, 0) is 57.5 Å². The Morgan fingerprint density at radius 3 is 2.79 bits per heavy atom. The van der Waals surface area contributed by atoms with Gasteiger partial charge < -0.3 is 10.2 Å². The van der Waals surface area contributed by atoms with Crippen LogP contribution in [0.1, 0.15) is 40.9 Å². The Hall–Kier alpha value is -2.51. The van der Waals surface area contributed by atoms with Crippen molar-refractivity contribution in [1.29, 1.82) is 0 Å². The number of hydrogen-bond acceptors (Lipinski definition) is 5. The van der Waals surface area contributed by atoms with E-state index in [4.69, 9.17) is 0 Å². The predicted octanol–water partition coefficient (Wildman–Crippen LogP) is 3.50. The zero-order chi connectivity index (χ0) is 19.2. The van der Waals surface area contributed by atoms with Crippen LogP contribution >= 0.6 is 12.4 Å². The van der Waals surface area contributed by atoms with Gasteiger partial charge >= 0.3 is 0 Å². The number of carbonyl (C=O) groups is 1. The van der Waals surface area contributed by atoms with Gasteiger partial charge in [-0.25, -0.2) is 0 Å². The second-order valence-corrected chi connectivity index (χ2v) is 6.80. The lowest BCUT2D eigenvalue weighted by atomic mass is 10.0. The van der Waals surface area contributed by atoms with E-state index in [0.717, 1.165) is 38.0 Å². The number of nitro groups is 1. The topological polar surface area (TPSA) is 88.4 Å². The van der Waals surface area contributed by atoms with E-state index in [-0.39, 0.29) is 30.0 Å². The van der Waals surface area contributed by atoms with E-state index in [2.05, 4.69) is 10.3 Å². The molecule has 2 aromatic rings. The van der Waals surface area contributed by atoms with Crippen molar-refractivity contribution in [3.63, 3.8) is 0 Å². The molecule has 1 fully saturated rings. The Balaban J connectivity index is 0.00000280. The maximum atomic E-state index is 13.4. The van der Waals surface area contributed by atoms with Gasteiger partial charge in [0.2, 0.25) is 0 Å². The number of halogens is 1. The molecule has 1 N–H and O–H groups in total. The Kier molecular flexibility index (Phi) is 7.90. The van der Waals surface area contributed by atoms with Gasteiger partial charge in [0.25, 0.3) is 11.6 Å². The molecule has 8 heteroatoms. The number of nitrogens with zero attached hydrogens (tertiary/aromatic N) is 3. The number of pyridine rings is 1. The molecule has 1 amide bonds. The maximum Gasteiger partial charge on any atom is 0.273 e. The van der Waals surface area contributed by atoms with Crippen molar-refractivity contribution in [3.05, 3.63) is 69.5 Å². The van der Waals surface area contributed by atoms with Crippen molar-refractivity contribution in [3.8, 4) is 0 Å². The van der Waals surface area contributed by atoms with Gasteiger partial charge in [-0.1, -0.05) is 12.1 Å². The fourth-order valence-electron chi connectivity index (χ4n) is 3.55. The first-order valence-electron chi connectivity index (χ1n) is 9.23. The lowest BCUT2D eigenvalue weighted by Gasteiger charge is -2.31. The molecule has 7 nitrogen and oxygen atoms in total. The largest absolute Gasteiger partial charge is 0.330 e. The predicted molar refractivity (Wildman–Crippen MR) is 110 cm³/mol. The normalized spacial score (nSPS) is 16.5. The maximum absolute atomic E-state index is 13.4. The van der Waals surface area contributed by atoms with Crippen LogP contribution in [0.2, 0.25) is 0 Å². The monoisotopic (exact) mass is 404 g/mol. The quantitative estimate of drug-likeness (QED) is 0.608. The van der Waals surface area contributed by atoms with Crippen LogP contribution in [0, 0.1) is 17.0 Å². The lowest BCUT2D eigenvalue weighted by molar-refractivity contribution is -0.385. The van der Waals surface area contributed by atoms with Crippen LogP contribution in [-0.2, 0) is 6.54 Å². The van der Waals surface area contributed by atoms with Crippen LogP contribution in [0.25, 0.3) is 0 Å². The molecule has 0 spiro atoms. The highest BCUT2D eigenvalue weighted by Crippen LogP contribution is 2.25. The molecule has 0 bridgehead atoms. The van der Waals surface area contributed by atoms with E-state index in [9.17, 15) is 14.9 Å². The van der Waals surface area contributed by atoms with E-state index in [1.165, 1.54) is 6.07 Å². The molecule has 1 unspecified atom stereocenters. The van der Waals surface area contributed by atoms with Crippen LogP contribution < -0.4 is 5.32 Å². The summed E-state index contributed by atoms with van der Waals surface area (Å²) in [6.45, 7) is 3.83. The molecule has 1 aliphatic rings. The Morgan fingerprint density at radius 2 is 2.07 bits per heavy atom. The summed E-state index contributed by atoms with van der Waals surface area (Å²) in [6, 6.07) is 10.4. The second kappa shape index (κ2) is 10.1. The number of carbonyl (C=O) groups excluding carboxylic acids is 1. The van der Waals surface area contributed by atoms with E-state index >= 15 is 0 Å². The van der Waals surface area contributed by atoms with E-state index in [0.29, 0.717) is 17.7 Å². The van der Waals surface area contributed by atoms with Gasteiger partial charge in [0, 0.05) is 29.4 Å². The lowest BCUT2D eigenvalue weighted by Crippen LogP contribution is -2.41. The highest BCUT2D eigenvalue weighted by molar-refractivity contribution is 5.96. The molecular weight excluding hydrogens is 380 g/mol. The van der Waals surface area contributed by atoms with Crippen molar-refractivity contribution in [1.82, 2.24) is 15.2 Å². The summed E-state index contributed by atoms with van der Waals surface area (Å²) in [7, 11) is 0. The van der Waals surface area contributed by atoms with Crippen LogP contribution in [0.15, 0.2) is 42.6 Å². The van der Waals surface area contributed by atoms with Crippen molar-refractivity contribution in [2.75, 3.05) is 13.1 Å². The van der Waals surface area contributed by atoms with Crippen LogP contribution in [0.4, 0.5) is 5.69 Å². The van der Waals surface area contributed by atoms with E-state index < -0.39 is 4.92 Å². The first-order chi connectivity index (χ1) is 13.1. The second-order valence-electron chi connectivity index (χ2n) is 6.80. The number of benzene rings is 1. The van der Waals surface area contributed by atoms with Crippen LogP contribution in [0.5, 0.6) is 0 Å². The molecule has 1 aromatic heterocycles. The molecule has 1 aliphatic heterocycles. The number of amides is 1. The smallest absolute Gasteiger partial charge is 0.273 e. The molecule has 1 atom stereocenters. The minimum Gasteiger partial charge on any atom is -0.330 e. The van der Waals surface area contributed by atoms with Gasteiger partial charge in [0.1, 0.15) is 0 Å². The van der Waals surface area contributed by atoms with Crippen LogP contribution in [-0.4, -0.2) is 39.8 Å². The van der Waals surface area contributed by atoms with Crippen molar-refractivity contribution < 1.29 is 9.72 Å². The number of nitrogens with one attached hydrogen (secondary N) is 1. The zero-order valence-electron chi connectivity index (χ0n) is 15.8. The molecule has 1 aromatic carbocycles. The van der Waals surface area contributed by atoms with E-state index in [1.807, 2.05) is 23.1 Å². The third kappa shape index (κ3) is 5.05. The molecule has 150 valence electrons. The summed E-state index contributed by atoms with van der Waals surface area (Å²) >= 11 is 0. The Morgan fingerprint density at radius 1 is 1.25 bits per heavy atom. The Bertz CT molecular complexity index is 808. The minimum atomic E-state index is -0.440. The standard InChI is InChI=1S/C20H24N4O3.ClH/c1-15-18(8-4-9-19(15)24(26)27)20(25)23(14-16-6-2-3-12-22-16)17-7-5-11-21-13-10-17;/h2-4,6,8-9,12,17,21H,5,7,10-11,13-14H2,1H3;1H. The van der Waals surface area contributed by atoms with E-state index in [1.54, 1.807) is 25.3 Å². The summed E-state index contributed by atoms with van der Waals surface area (Å²) in [5.41, 5.74) is 1.58. The molecular formula is C20H25ClN4O3. The number of aromatic nitrogens is 1. The van der Waals surface area contributed by atoms with Crippen molar-refractivity contribution >= 4 is 24.0 Å². The van der Waals surface area contributed by atoms with Gasteiger partial charge in [0.15, 0.2) is 0 Å². The summed E-state index contributed by atoms with van der Waals surface area (Å²) < 4.78 is 0. The van der Waals surface area contributed by atoms with Gasteiger partial charge in [-0.2, -0.15) is 0 Å². The number of rotatable bonds is 5. The first-order valence-corrected chi connectivity index (χ1v) is 9.23. The molecule has 1 saturated heterocycles. The molecule has 3 rings (SSSR count). The molecule has 2 heterocycles. The molecule has 28 heavy (non-hydrogen) atoms. The van der Waals surface area contributed by atoms with Crippen molar-refractivity contribution in [2.45, 2.75) is 38.8 Å². The van der Waals surface area contributed by atoms with Gasteiger partial charge in [-0.3, -0.25) is 19.9 Å². The molecule has 0 radical (unpaired) electrons. The number of nitro benzene ring substituents is 1. The third-order valence-corrected chi connectivity index (χ3v) is 5.04. The zero-order valence-corrected chi connectivity index (χ0v) is 16.7. The third-order valence-electron chi connectivity index (χ3n) is 5.04. The number of hydrogen-bond donors (Lipinski definition) is 1. The van der Waals surface area contributed by atoms with Gasteiger partial charge in [0.05, 0.1) is 17.2 Å². The summed E-state index contributed by atoms with van der Waals surface area (Å²) in [5.74, 6) is -0.172. The molecule has 0 aliphatic carbocycles. The fraction of sp³-hybridized carbons (Fsp3) is 0.400. The summed E-state index contributed by atoms with van der Waals surface area (Å²) in [6.07, 6.45) is 4.46. The van der Waals surface area contributed by atoms with Crippen LogP contribution in [0.3, 0.4) is 0 Å². The average molecular weight is 405 g/mol. The summed E-state index contributed by atoms with van der Waals surface area (Å²) in [4.78, 5) is 30.4. The Labute approximate surface area is 170 Å². The van der Waals surface area contributed by atoms with Gasteiger partial charge in [-0.15, -0.1) is 12.4 Å². The minimum absolute atomic E-state index is 0. The summed E-state index contributed by atoms with van der Waals surface area (Å²) in [5, 5.41) is 14.6. The highest BCUT2D eigenvalue weighted by atomic mass is 35.5. The molecule has 0 saturated carbocycles. The fourth-order valence-corrected chi connectivity index (χ4v) is 3.55. The average Bonchev–Trinajstić information content (AvgIpc) is 2.96. The highest BCUT2D eigenvalue weighted by Gasteiger charge is 2.28. The SMILES string of the molecule is Cc1c(C(=O)N(Cc2ccccn2)C2CCCNCC2)cccc1[N+](=O)[O-].Cl. The first kappa shape index (κ1) is 21.8.